The number of Topliss-reactive ketones (excluding diaryl/α,β-unsaturated/α-hetero) is 1. The van der Waals surface area contributed by atoms with Crippen molar-refractivity contribution >= 4 is 27.5 Å². The summed E-state index contributed by atoms with van der Waals surface area (Å²) >= 11 is 0. The number of ketones is 1. The zero-order valence-corrected chi connectivity index (χ0v) is 15.3. The number of carbonyl (C=O) groups is 3. The topological polar surface area (TPSA) is 114 Å². The minimum Gasteiger partial charge on any atom is -0.448 e. The van der Waals surface area contributed by atoms with Crippen LogP contribution in [0.15, 0.2) is 12.3 Å². The number of likely N-dealkylation sites (N-methyl/N-ethyl adjacent to an activating group) is 1. The first kappa shape index (κ1) is 19.2. The molecular weight excluding hydrogens is 348 g/mol. The Bertz CT molecular complexity index is 782. The van der Waals surface area contributed by atoms with Gasteiger partial charge in [0.25, 0.3) is 5.91 Å². The van der Waals surface area contributed by atoms with Crippen molar-refractivity contribution in [3.8, 4) is 0 Å². The molecule has 1 fully saturated rings. The summed E-state index contributed by atoms with van der Waals surface area (Å²) in [4.78, 5) is 40.0. The summed E-state index contributed by atoms with van der Waals surface area (Å²) in [6.07, 6.45) is 0.730. The Morgan fingerprint density at radius 3 is 2.56 bits per heavy atom. The average Bonchev–Trinajstić information content (AvgIpc) is 3.14. The highest BCUT2D eigenvalue weighted by Gasteiger charge is 2.36. The standard InChI is InChI=1S/C16H22N2O6S/c1-4-18(13-5-6-25(22,23)9-13)15(20)11(3)24-16(21)14-7-12(8-17-14)10(2)19/h7-8,11,13,17H,4-6,9H2,1-3H3/t11-,13+/m1/s1. The lowest BCUT2D eigenvalue weighted by atomic mass is 10.2. The second-order valence-corrected chi connectivity index (χ2v) is 8.32. The van der Waals surface area contributed by atoms with E-state index in [4.69, 9.17) is 4.74 Å². The Hall–Kier alpha value is -2.16. The van der Waals surface area contributed by atoms with Crippen LogP contribution in [-0.2, 0) is 19.4 Å². The van der Waals surface area contributed by atoms with Crippen LogP contribution in [0, 0.1) is 0 Å². The van der Waals surface area contributed by atoms with Gasteiger partial charge < -0.3 is 14.6 Å². The van der Waals surface area contributed by atoms with Gasteiger partial charge in [-0.25, -0.2) is 13.2 Å². The Labute approximate surface area is 146 Å². The van der Waals surface area contributed by atoms with Crippen LogP contribution in [-0.4, -0.2) is 66.2 Å². The van der Waals surface area contributed by atoms with E-state index in [1.807, 2.05) is 0 Å². The Morgan fingerprint density at radius 2 is 2.08 bits per heavy atom. The van der Waals surface area contributed by atoms with Gasteiger partial charge in [0.15, 0.2) is 21.7 Å². The summed E-state index contributed by atoms with van der Waals surface area (Å²) in [6.45, 7) is 4.90. The van der Waals surface area contributed by atoms with Crippen LogP contribution in [0.4, 0.5) is 0 Å². The number of nitrogens with zero attached hydrogens (tertiary/aromatic N) is 1. The van der Waals surface area contributed by atoms with Crippen molar-refractivity contribution in [1.82, 2.24) is 9.88 Å². The predicted molar refractivity (Wildman–Crippen MR) is 90.1 cm³/mol. The molecule has 1 aliphatic rings. The van der Waals surface area contributed by atoms with Gasteiger partial charge in [0.1, 0.15) is 5.69 Å². The molecule has 0 aliphatic carbocycles. The third-order valence-electron chi connectivity index (χ3n) is 4.21. The van der Waals surface area contributed by atoms with Crippen molar-refractivity contribution in [2.45, 2.75) is 39.3 Å². The molecule has 1 aromatic rings. The van der Waals surface area contributed by atoms with Crippen molar-refractivity contribution in [3.63, 3.8) is 0 Å². The first-order valence-electron chi connectivity index (χ1n) is 8.06. The van der Waals surface area contributed by atoms with E-state index in [1.165, 1.54) is 31.0 Å². The third-order valence-corrected chi connectivity index (χ3v) is 5.96. The molecular formula is C16H22N2O6S. The minimum atomic E-state index is -3.12. The number of H-pyrrole nitrogens is 1. The number of esters is 1. The van der Waals surface area contributed by atoms with E-state index in [-0.39, 0.29) is 23.0 Å². The van der Waals surface area contributed by atoms with Crippen molar-refractivity contribution in [1.29, 1.82) is 0 Å². The Kier molecular flexibility index (Phi) is 5.66. The van der Waals surface area contributed by atoms with Gasteiger partial charge in [-0.1, -0.05) is 0 Å². The molecule has 9 heteroatoms. The molecule has 1 N–H and O–H groups in total. The number of rotatable bonds is 6. The molecule has 8 nitrogen and oxygen atoms in total. The average molecular weight is 370 g/mol. The summed E-state index contributed by atoms with van der Waals surface area (Å²) in [6, 6.07) is 0.974. The molecule has 138 valence electrons. The quantitative estimate of drug-likeness (QED) is 0.585. The van der Waals surface area contributed by atoms with E-state index in [9.17, 15) is 22.8 Å². The SMILES string of the molecule is CCN(C(=O)[C@@H](C)OC(=O)c1cc(C(C)=O)c[nH]1)[C@H]1CCS(=O)(=O)C1. The lowest BCUT2D eigenvalue weighted by Gasteiger charge is -2.29. The maximum absolute atomic E-state index is 12.5. The van der Waals surface area contributed by atoms with Crippen molar-refractivity contribution in [2.75, 3.05) is 18.1 Å². The van der Waals surface area contributed by atoms with E-state index >= 15 is 0 Å². The van der Waals surface area contributed by atoms with Crippen molar-refractivity contribution < 1.29 is 27.5 Å². The largest absolute Gasteiger partial charge is 0.448 e. The highest BCUT2D eigenvalue weighted by atomic mass is 32.2. The maximum atomic E-state index is 12.5. The second kappa shape index (κ2) is 7.38. The van der Waals surface area contributed by atoms with Crippen LogP contribution in [0.3, 0.4) is 0 Å². The maximum Gasteiger partial charge on any atom is 0.355 e. The van der Waals surface area contributed by atoms with Gasteiger partial charge in [0.2, 0.25) is 0 Å². The van der Waals surface area contributed by atoms with Gasteiger partial charge in [-0.2, -0.15) is 0 Å². The molecule has 0 radical (unpaired) electrons. The van der Waals surface area contributed by atoms with Gasteiger partial charge in [0.05, 0.1) is 11.5 Å². The molecule has 0 bridgehead atoms. The molecule has 2 rings (SSSR count). The molecule has 0 saturated carbocycles. The molecule has 1 amide bonds. The smallest absolute Gasteiger partial charge is 0.355 e. The first-order valence-corrected chi connectivity index (χ1v) is 9.88. The zero-order chi connectivity index (χ0) is 18.8. The number of nitrogens with one attached hydrogen (secondary N) is 1. The lowest BCUT2D eigenvalue weighted by molar-refractivity contribution is -0.141. The molecule has 0 spiro atoms. The second-order valence-electron chi connectivity index (χ2n) is 6.09. The fraction of sp³-hybridized carbons (Fsp3) is 0.562. The lowest BCUT2D eigenvalue weighted by Crippen LogP contribution is -2.46. The van der Waals surface area contributed by atoms with Crippen LogP contribution in [0.5, 0.6) is 0 Å². The van der Waals surface area contributed by atoms with Crippen LogP contribution in [0.25, 0.3) is 0 Å². The van der Waals surface area contributed by atoms with Gasteiger partial charge in [-0.15, -0.1) is 0 Å². The molecule has 1 aromatic heterocycles. The minimum absolute atomic E-state index is 0.0614. The van der Waals surface area contributed by atoms with E-state index < -0.39 is 33.9 Å². The number of amides is 1. The van der Waals surface area contributed by atoms with Gasteiger partial charge >= 0.3 is 5.97 Å². The van der Waals surface area contributed by atoms with E-state index in [0.717, 1.165) is 0 Å². The molecule has 25 heavy (non-hydrogen) atoms. The van der Waals surface area contributed by atoms with E-state index in [1.54, 1.807) is 6.92 Å². The number of aromatic nitrogens is 1. The molecule has 2 heterocycles. The highest BCUT2D eigenvalue weighted by Crippen LogP contribution is 2.19. The van der Waals surface area contributed by atoms with Gasteiger partial charge in [-0.3, -0.25) is 9.59 Å². The fourth-order valence-corrected chi connectivity index (χ4v) is 4.57. The van der Waals surface area contributed by atoms with Gasteiger partial charge in [-0.05, 0) is 33.3 Å². The molecule has 0 unspecified atom stereocenters. The number of aromatic amines is 1. The highest BCUT2D eigenvalue weighted by molar-refractivity contribution is 7.91. The number of hydrogen-bond donors (Lipinski definition) is 1. The molecule has 1 aliphatic heterocycles. The van der Waals surface area contributed by atoms with Crippen molar-refractivity contribution in [2.24, 2.45) is 0 Å². The summed E-state index contributed by atoms with van der Waals surface area (Å²) in [5, 5.41) is 0. The summed E-state index contributed by atoms with van der Waals surface area (Å²) < 4.78 is 28.4. The van der Waals surface area contributed by atoms with E-state index in [0.29, 0.717) is 18.5 Å². The summed E-state index contributed by atoms with van der Waals surface area (Å²) in [5.74, 6) is -1.38. The van der Waals surface area contributed by atoms with Crippen LogP contribution in [0.1, 0.15) is 48.0 Å². The number of sulfone groups is 1. The Morgan fingerprint density at radius 1 is 1.40 bits per heavy atom. The van der Waals surface area contributed by atoms with Crippen LogP contribution in [0.2, 0.25) is 0 Å². The summed E-state index contributed by atoms with van der Waals surface area (Å²) in [7, 11) is -3.12. The number of carbonyl (C=O) groups excluding carboxylic acids is 3. The molecule has 2 atom stereocenters. The summed E-state index contributed by atoms with van der Waals surface area (Å²) in [5.41, 5.74) is 0.425. The molecule has 1 saturated heterocycles. The van der Waals surface area contributed by atoms with Crippen LogP contribution >= 0.6 is 0 Å². The zero-order valence-electron chi connectivity index (χ0n) is 14.4. The monoisotopic (exact) mass is 370 g/mol. The normalized spacial score (nSPS) is 20.0. The predicted octanol–water partition coefficient (Wildman–Crippen LogP) is 0.798. The molecule has 0 aromatic carbocycles. The Balaban J connectivity index is 2.02. The van der Waals surface area contributed by atoms with Crippen molar-refractivity contribution in [3.05, 3.63) is 23.5 Å². The number of ether oxygens (including phenoxy) is 1. The number of hydrogen-bond acceptors (Lipinski definition) is 6. The third kappa shape index (κ3) is 4.47. The fourth-order valence-electron chi connectivity index (χ4n) is 2.84. The van der Waals surface area contributed by atoms with E-state index in [2.05, 4.69) is 4.98 Å². The van der Waals surface area contributed by atoms with Crippen LogP contribution < -0.4 is 0 Å². The van der Waals surface area contributed by atoms with Gasteiger partial charge in [0, 0.05) is 24.3 Å². The first-order chi connectivity index (χ1) is 11.6.